The van der Waals surface area contributed by atoms with Gasteiger partial charge in [-0.05, 0) is 50.3 Å². The van der Waals surface area contributed by atoms with Crippen molar-refractivity contribution in [1.29, 1.82) is 0 Å². The van der Waals surface area contributed by atoms with Gasteiger partial charge < -0.3 is 14.9 Å². The Hall–Kier alpha value is -1.48. The van der Waals surface area contributed by atoms with E-state index < -0.39 is 6.10 Å². The molecule has 0 saturated carbocycles. The molecule has 1 unspecified atom stereocenters. The molecule has 3 heteroatoms. The van der Waals surface area contributed by atoms with Gasteiger partial charge in [-0.25, -0.2) is 0 Å². The van der Waals surface area contributed by atoms with Gasteiger partial charge in [0.05, 0.1) is 12.7 Å². The zero-order valence-electron chi connectivity index (χ0n) is 13.2. The SMILES string of the molecule is CC/C=C\CCCCCC(O)c1ccc(O)c(OCC)c1. The summed E-state index contributed by atoms with van der Waals surface area (Å²) in [5.41, 5.74) is 0.808. The van der Waals surface area contributed by atoms with Crippen LogP contribution in [0.5, 0.6) is 11.5 Å². The van der Waals surface area contributed by atoms with Gasteiger partial charge >= 0.3 is 0 Å². The molecule has 1 rings (SSSR count). The molecule has 0 aliphatic heterocycles. The number of aliphatic hydroxyl groups excluding tert-OH is 1. The van der Waals surface area contributed by atoms with Gasteiger partial charge in [0.2, 0.25) is 0 Å². The smallest absolute Gasteiger partial charge is 0.161 e. The Bertz CT molecular complexity index is 426. The molecule has 0 bridgehead atoms. The molecule has 0 aromatic heterocycles. The summed E-state index contributed by atoms with van der Waals surface area (Å²) in [6, 6.07) is 5.07. The van der Waals surface area contributed by atoms with E-state index in [1.54, 1.807) is 18.2 Å². The summed E-state index contributed by atoms with van der Waals surface area (Å²) >= 11 is 0. The van der Waals surface area contributed by atoms with Crippen LogP contribution in [0, 0.1) is 0 Å². The van der Waals surface area contributed by atoms with Gasteiger partial charge in [-0.1, -0.05) is 38.0 Å². The minimum Gasteiger partial charge on any atom is -0.504 e. The van der Waals surface area contributed by atoms with Crippen LogP contribution in [0.3, 0.4) is 0 Å². The highest BCUT2D eigenvalue weighted by Gasteiger charge is 2.10. The normalized spacial score (nSPS) is 12.7. The Balaban J connectivity index is 2.36. The van der Waals surface area contributed by atoms with E-state index in [2.05, 4.69) is 19.1 Å². The first-order chi connectivity index (χ1) is 10.2. The van der Waals surface area contributed by atoms with E-state index in [1.807, 2.05) is 6.92 Å². The minimum atomic E-state index is -0.490. The molecule has 0 radical (unpaired) electrons. The van der Waals surface area contributed by atoms with Gasteiger partial charge in [-0.2, -0.15) is 0 Å². The van der Waals surface area contributed by atoms with E-state index >= 15 is 0 Å². The first kappa shape index (κ1) is 17.6. The highest BCUT2D eigenvalue weighted by molar-refractivity contribution is 5.42. The number of aromatic hydroxyl groups is 1. The molecular formula is C18H28O3. The van der Waals surface area contributed by atoms with Gasteiger partial charge in [-0.15, -0.1) is 0 Å². The first-order valence-electron chi connectivity index (χ1n) is 7.97. The predicted molar refractivity (Wildman–Crippen MR) is 86.8 cm³/mol. The summed E-state index contributed by atoms with van der Waals surface area (Å²) in [7, 11) is 0. The summed E-state index contributed by atoms with van der Waals surface area (Å²) < 4.78 is 5.34. The van der Waals surface area contributed by atoms with E-state index in [-0.39, 0.29) is 5.75 Å². The lowest BCUT2D eigenvalue weighted by Gasteiger charge is -2.13. The molecule has 0 saturated heterocycles. The zero-order chi connectivity index (χ0) is 15.5. The number of phenols is 1. The molecular weight excluding hydrogens is 264 g/mol. The van der Waals surface area contributed by atoms with Crippen molar-refractivity contribution in [2.24, 2.45) is 0 Å². The van der Waals surface area contributed by atoms with Crippen molar-refractivity contribution < 1.29 is 14.9 Å². The second-order valence-corrected chi connectivity index (χ2v) is 5.19. The number of unbranched alkanes of at least 4 members (excludes halogenated alkanes) is 3. The molecule has 21 heavy (non-hydrogen) atoms. The van der Waals surface area contributed by atoms with Crippen LogP contribution in [0.25, 0.3) is 0 Å². The average molecular weight is 292 g/mol. The van der Waals surface area contributed by atoms with Crippen LogP contribution in [0.4, 0.5) is 0 Å². The van der Waals surface area contributed by atoms with Crippen LogP contribution in [0.1, 0.15) is 64.0 Å². The summed E-state index contributed by atoms with van der Waals surface area (Å²) in [6.45, 7) is 4.51. The first-order valence-corrected chi connectivity index (χ1v) is 7.97. The van der Waals surface area contributed by atoms with Crippen LogP contribution in [0.2, 0.25) is 0 Å². The lowest BCUT2D eigenvalue weighted by Crippen LogP contribution is -1.99. The molecule has 2 N–H and O–H groups in total. The minimum absolute atomic E-state index is 0.121. The second-order valence-electron chi connectivity index (χ2n) is 5.19. The highest BCUT2D eigenvalue weighted by atomic mass is 16.5. The van der Waals surface area contributed by atoms with Gasteiger partial charge in [0, 0.05) is 0 Å². The van der Waals surface area contributed by atoms with Gasteiger partial charge in [0.1, 0.15) is 0 Å². The fourth-order valence-corrected chi connectivity index (χ4v) is 2.24. The number of ether oxygens (including phenoxy) is 1. The number of phenolic OH excluding ortho intramolecular Hbond substituents is 1. The zero-order valence-corrected chi connectivity index (χ0v) is 13.2. The Morgan fingerprint density at radius 1 is 1.14 bits per heavy atom. The molecule has 118 valence electrons. The summed E-state index contributed by atoms with van der Waals surface area (Å²) in [4.78, 5) is 0. The van der Waals surface area contributed by atoms with Crippen molar-refractivity contribution in [2.45, 2.75) is 58.5 Å². The Labute approximate surface area is 128 Å². The standard InChI is InChI=1S/C18H28O3/c1-3-5-6-7-8-9-10-11-16(19)15-12-13-17(20)18(14-15)21-4-2/h5-6,12-14,16,19-20H,3-4,7-11H2,1-2H3/b6-5-. The van der Waals surface area contributed by atoms with E-state index in [0.717, 1.165) is 37.7 Å². The summed E-state index contributed by atoms with van der Waals surface area (Å²) in [5.74, 6) is 0.564. The van der Waals surface area contributed by atoms with Crippen molar-refractivity contribution in [3.63, 3.8) is 0 Å². The van der Waals surface area contributed by atoms with Crippen LogP contribution >= 0.6 is 0 Å². The molecule has 3 nitrogen and oxygen atoms in total. The second kappa shape index (κ2) is 10.3. The molecule has 1 atom stereocenters. The number of benzene rings is 1. The van der Waals surface area contributed by atoms with Crippen LogP contribution < -0.4 is 4.74 Å². The largest absolute Gasteiger partial charge is 0.504 e. The van der Waals surface area contributed by atoms with Crippen molar-refractivity contribution in [1.82, 2.24) is 0 Å². The fraction of sp³-hybridized carbons (Fsp3) is 0.556. The third kappa shape index (κ3) is 6.67. The van der Waals surface area contributed by atoms with Gasteiger partial charge in [-0.3, -0.25) is 0 Å². The molecule has 1 aromatic rings. The predicted octanol–water partition coefficient (Wildman–Crippen LogP) is 4.74. The molecule has 0 amide bonds. The number of hydrogen-bond acceptors (Lipinski definition) is 3. The Kier molecular flexibility index (Phi) is 8.60. The topological polar surface area (TPSA) is 49.7 Å². The number of rotatable bonds is 10. The summed E-state index contributed by atoms with van der Waals surface area (Å²) in [5, 5.41) is 19.8. The van der Waals surface area contributed by atoms with Crippen molar-refractivity contribution in [2.75, 3.05) is 6.61 Å². The van der Waals surface area contributed by atoms with E-state index in [9.17, 15) is 10.2 Å². The number of hydrogen-bond donors (Lipinski definition) is 2. The van der Waals surface area contributed by atoms with Crippen molar-refractivity contribution in [3.8, 4) is 11.5 Å². The molecule has 0 heterocycles. The molecule has 1 aromatic carbocycles. The van der Waals surface area contributed by atoms with E-state index in [0.29, 0.717) is 12.4 Å². The Morgan fingerprint density at radius 3 is 2.67 bits per heavy atom. The monoisotopic (exact) mass is 292 g/mol. The van der Waals surface area contributed by atoms with Crippen LogP contribution in [-0.2, 0) is 0 Å². The molecule has 0 aliphatic carbocycles. The number of aliphatic hydroxyl groups is 1. The third-order valence-electron chi connectivity index (χ3n) is 3.42. The maximum Gasteiger partial charge on any atom is 0.161 e. The maximum atomic E-state index is 10.2. The van der Waals surface area contributed by atoms with Crippen molar-refractivity contribution in [3.05, 3.63) is 35.9 Å². The Morgan fingerprint density at radius 2 is 1.95 bits per heavy atom. The quantitative estimate of drug-likeness (QED) is 0.483. The van der Waals surface area contributed by atoms with E-state index in [4.69, 9.17) is 4.74 Å². The fourth-order valence-electron chi connectivity index (χ4n) is 2.24. The van der Waals surface area contributed by atoms with Crippen LogP contribution in [0.15, 0.2) is 30.4 Å². The molecule has 0 aliphatic rings. The molecule has 0 fully saturated rings. The maximum absolute atomic E-state index is 10.2. The van der Waals surface area contributed by atoms with Gasteiger partial charge in [0.25, 0.3) is 0 Å². The lowest BCUT2D eigenvalue weighted by molar-refractivity contribution is 0.163. The molecule has 0 spiro atoms. The van der Waals surface area contributed by atoms with Gasteiger partial charge in [0.15, 0.2) is 11.5 Å². The lowest BCUT2D eigenvalue weighted by atomic mass is 10.0. The summed E-state index contributed by atoms with van der Waals surface area (Å²) in [6.07, 6.45) is 10.2. The number of allylic oxidation sites excluding steroid dienone is 2. The average Bonchev–Trinajstić information content (AvgIpc) is 2.48. The van der Waals surface area contributed by atoms with Crippen molar-refractivity contribution >= 4 is 0 Å². The highest BCUT2D eigenvalue weighted by Crippen LogP contribution is 2.30. The van der Waals surface area contributed by atoms with Crippen LogP contribution in [-0.4, -0.2) is 16.8 Å². The third-order valence-corrected chi connectivity index (χ3v) is 3.42. The van der Waals surface area contributed by atoms with E-state index in [1.165, 1.54) is 6.42 Å².